The van der Waals surface area contributed by atoms with Crippen LogP contribution in [0.5, 0.6) is 0 Å². The van der Waals surface area contributed by atoms with Gasteiger partial charge in [0, 0.05) is 18.5 Å². The topological polar surface area (TPSA) is 69.9 Å². The van der Waals surface area contributed by atoms with Gasteiger partial charge in [-0.05, 0) is 18.5 Å². The quantitative estimate of drug-likeness (QED) is 0.837. The Kier molecular flexibility index (Phi) is 4.79. The Hall–Kier alpha value is -1.48. The molecule has 5 nitrogen and oxygen atoms in total. The summed E-state index contributed by atoms with van der Waals surface area (Å²) in [5, 5.41) is 12.7. The van der Waals surface area contributed by atoms with Crippen molar-refractivity contribution >= 4 is 17.4 Å². The molecule has 18 heavy (non-hydrogen) atoms. The van der Waals surface area contributed by atoms with Gasteiger partial charge < -0.3 is 4.90 Å². The molecule has 0 aliphatic heterocycles. The number of hydrogen-bond donors (Lipinski definition) is 0. The second kappa shape index (κ2) is 5.91. The minimum Gasteiger partial charge on any atom is -0.337 e. The van der Waals surface area contributed by atoms with Crippen LogP contribution in [-0.4, -0.2) is 33.5 Å². The summed E-state index contributed by atoms with van der Waals surface area (Å²) in [6.07, 6.45) is 0.344. The molecular formula is C12H18N4OS. The van der Waals surface area contributed by atoms with E-state index in [1.54, 1.807) is 4.90 Å². The zero-order valence-corrected chi connectivity index (χ0v) is 12.0. The summed E-state index contributed by atoms with van der Waals surface area (Å²) in [6.45, 7) is 8.96. The highest BCUT2D eigenvalue weighted by molar-refractivity contribution is 7.08. The first-order valence-corrected chi connectivity index (χ1v) is 6.68. The van der Waals surface area contributed by atoms with Crippen LogP contribution in [0, 0.1) is 11.3 Å². The molecule has 1 aromatic heterocycles. The van der Waals surface area contributed by atoms with E-state index in [9.17, 15) is 4.79 Å². The zero-order valence-electron chi connectivity index (χ0n) is 11.2. The van der Waals surface area contributed by atoms with Crippen LogP contribution in [0.25, 0.3) is 0 Å². The second-order valence-electron chi connectivity index (χ2n) is 4.99. The molecule has 0 N–H and O–H groups in total. The molecule has 0 aromatic carbocycles. The maximum Gasteiger partial charge on any atom is 0.267 e. The van der Waals surface area contributed by atoms with Crippen molar-refractivity contribution in [1.82, 2.24) is 14.5 Å². The molecular weight excluding hydrogens is 248 g/mol. The third kappa shape index (κ3) is 3.26. The molecule has 0 unspecified atom stereocenters. The minimum atomic E-state index is -0.202. The van der Waals surface area contributed by atoms with E-state index in [2.05, 4.69) is 15.7 Å². The van der Waals surface area contributed by atoms with Crippen LogP contribution >= 0.6 is 11.5 Å². The third-order valence-electron chi connectivity index (χ3n) is 2.56. The number of rotatable bonds is 4. The normalized spacial score (nSPS) is 11.1. The molecule has 1 rings (SSSR count). The van der Waals surface area contributed by atoms with E-state index in [0.717, 1.165) is 17.2 Å². The van der Waals surface area contributed by atoms with Gasteiger partial charge in [-0.15, -0.1) is 5.10 Å². The van der Waals surface area contributed by atoms with Crippen molar-refractivity contribution in [3.63, 3.8) is 0 Å². The average Bonchev–Trinajstić information content (AvgIpc) is 2.78. The fraction of sp³-hybridized carbons (Fsp3) is 0.667. The van der Waals surface area contributed by atoms with Gasteiger partial charge in [0.1, 0.15) is 4.88 Å². The van der Waals surface area contributed by atoms with Crippen LogP contribution < -0.4 is 0 Å². The molecule has 0 aliphatic rings. The highest BCUT2D eigenvalue weighted by atomic mass is 32.1. The fourth-order valence-electron chi connectivity index (χ4n) is 1.55. The summed E-state index contributed by atoms with van der Waals surface area (Å²) in [5.41, 5.74) is 0.528. The SMILES string of the molecule is CCN(CCC#N)C(=O)c1snnc1C(C)(C)C. The van der Waals surface area contributed by atoms with E-state index in [4.69, 9.17) is 5.26 Å². The van der Waals surface area contributed by atoms with E-state index < -0.39 is 0 Å². The van der Waals surface area contributed by atoms with E-state index in [1.165, 1.54) is 0 Å². The summed E-state index contributed by atoms with van der Waals surface area (Å²) in [6, 6.07) is 2.06. The maximum atomic E-state index is 12.4. The van der Waals surface area contributed by atoms with Crippen molar-refractivity contribution < 1.29 is 4.79 Å². The molecule has 0 radical (unpaired) electrons. The van der Waals surface area contributed by atoms with Gasteiger partial charge >= 0.3 is 0 Å². The molecule has 0 spiro atoms. The number of hydrogen-bond acceptors (Lipinski definition) is 5. The lowest BCUT2D eigenvalue weighted by atomic mass is 9.91. The number of nitrogens with zero attached hydrogens (tertiary/aromatic N) is 4. The van der Waals surface area contributed by atoms with E-state index in [0.29, 0.717) is 24.4 Å². The summed E-state index contributed by atoms with van der Waals surface area (Å²) in [7, 11) is 0. The summed E-state index contributed by atoms with van der Waals surface area (Å²) in [4.78, 5) is 14.6. The Bertz CT molecular complexity index is 455. The zero-order chi connectivity index (χ0) is 13.8. The second-order valence-corrected chi connectivity index (χ2v) is 5.75. The predicted octanol–water partition coefficient (Wildman–Crippen LogP) is 2.21. The number of nitriles is 1. The van der Waals surface area contributed by atoms with Crippen molar-refractivity contribution in [2.24, 2.45) is 0 Å². The highest BCUT2D eigenvalue weighted by Crippen LogP contribution is 2.26. The Morgan fingerprint density at radius 1 is 1.50 bits per heavy atom. The lowest BCUT2D eigenvalue weighted by molar-refractivity contribution is 0.0770. The van der Waals surface area contributed by atoms with Crippen LogP contribution in [0.1, 0.15) is 49.5 Å². The Morgan fingerprint density at radius 2 is 2.17 bits per heavy atom. The summed E-state index contributed by atoms with van der Waals surface area (Å²) in [5.74, 6) is -0.0762. The van der Waals surface area contributed by atoms with Gasteiger partial charge in [0.2, 0.25) is 0 Å². The molecule has 0 bridgehead atoms. The van der Waals surface area contributed by atoms with Gasteiger partial charge in [0.25, 0.3) is 5.91 Å². The minimum absolute atomic E-state index is 0.0762. The summed E-state index contributed by atoms with van der Waals surface area (Å²) >= 11 is 1.13. The van der Waals surface area contributed by atoms with Gasteiger partial charge in [-0.25, -0.2) is 0 Å². The van der Waals surface area contributed by atoms with Crippen LogP contribution in [0.3, 0.4) is 0 Å². The molecule has 0 aliphatic carbocycles. The van der Waals surface area contributed by atoms with Crippen LogP contribution in [0.2, 0.25) is 0 Å². The van der Waals surface area contributed by atoms with Crippen molar-refractivity contribution in [2.75, 3.05) is 13.1 Å². The smallest absolute Gasteiger partial charge is 0.267 e. The van der Waals surface area contributed by atoms with Crippen molar-refractivity contribution in [2.45, 2.75) is 39.5 Å². The molecule has 0 saturated carbocycles. The van der Waals surface area contributed by atoms with E-state index in [1.807, 2.05) is 27.7 Å². The van der Waals surface area contributed by atoms with Gasteiger partial charge in [0.05, 0.1) is 18.2 Å². The first-order chi connectivity index (χ1) is 8.41. The largest absolute Gasteiger partial charge is 0.337 e. The Morgan fingerprint density at radius 3 is 2.67 bits per heavy atom. The average molecular weight is 266 g/mol. The first-order valence-electron chi connectivity index (χ1n) is 5.90. The number of carbonyl (C=O) groups is 1. The van der Waals surface area contributed by atoms with Crippen molar-refractivity contribution in [3.05, 3.63) is 10.6 Å². The molecule has 6 heteroatoms. The van der Waals surface area contributed by atoms with Crippen molar-refractivity contribution in [1.29, 1.82) is 5.26 Å². The number of amides is 1. The number of aromatic nitrogens is 2. The number of carbonyl (C=O) groups excluding carboxylic acids is 1. The predicted molar refractivity (Wildman–Crippen MR) is 70.4 cm³/mol. The van der Waals surface area contributed by atoms with Gasteiger partial charge in [-0.1, -0.05) is 25.3 Å². The lowest BCUT2D eigenvalue weighted by Crippen LogP contribution is -2.32. The molecule has 0 fully saturated rings. The molecule has 98 valence electrons. The maximum absolute atomic E-state index is 12.4. The standard InChI is InChI=1S/C12H18N4OS/c1-5-16(8-6-7-13)11(17)9-10(12(2,3)4)14-15-18-9/h5-6,8H2,1-4H3. The summed E-state index contributed by atoms with van der Waals surface area (Å²) < 4.78 is 3.89. The molecule has 0 atom stereocenters. The van der Waals surface area contributed by atoms with Gasteiger partial charge in [-0.3, -0.25) is 4.79 Å². The van der Waals surface area contributed by atoms with E-state index in [-0.39, 0.29) is 11.3 Å². The van der Waals surface area contributed by atoms with Crippen LogP contribution in [0.15, 0.2) is 0 Å². The first kappa shape index (κ1) is 14.6. The van der Waals surface area contributed by atoms with E-state index >= 15 is 0 Å². The van der Waals surface area contributed by atoms with Gasteiger partial charge in [-0.2, -0.15) is 5.26 Å². The Balaban J connectivity index is 2.97. The van der Waals surface area contributed by atoms with Crippen LogP contribution in [0.4, 0.5) is 0 Å². The fourth-order valence-corrected chi connectivity index (χ4v) is 2.40. The molecule has 0 saturated heterocycles. The molecule has 1 heterocycles. The lowest BCUT2D eigenvalue weighted by Gasteiger charge is -2.21. The van der Waals surface area contributed by atoms with Crippen molar-refractivity contribution in [3.8, 4) is 6.07 Å². The highest BCUT2D eigenvalue weighted by Gasteiger charge is 2.28. The van der Waals surface area contributed by atoms with Gasteiger partial charge in [0.15, 0.2) is 0 Å². The molecule has 1 aromatic rings. The van der Waals surface area contributed by atoms with Crippen LogP contribution in [-0.2, 0) is 5.41 Å². The molecule has 1 amide bonds. The third-order valence-corrected chi connectivity index (χ3v) is 3.27. The Labute approximate surface area is 112 Å². The monoisotopic (exact) mass is 266 g/mol.